The molecule has 0 bridgehead atoms. The van der Waals surface area contributed by atoms with Crippen molar-refractivity contribution < 1.29 is 0 Å². The van der Waals surface area contributed by atoms with Crippen molar-refractivity contribution in [3.8, 4) is 33.5 Å². The molecule has 0 atom stereocenters. The van der Waals surface area contributed by atoms with E-state index in [1.807, 2.05) is 0 Å². The maximum atomic E-state index is 5.40. The van der Waals surface area contributed by atoms with Crippen LogP contribution in [0.2, 0.25) is 0 Å². The van der Waals surface area contributed by atoms with Crippen LogP contribution in [0.25, 0.3) is 109 Å². The van der Waals surface area contributed by atoms with Gasteiger partial charge in [-0.25, -0.2) is 4.98 Å². The molecule has 0 saturated carbocycles. The minimum absolute atomic E-state index is 1.01. The first-order valence-electron chi connectivity index (χ1n) is 18.0. The molecule has 0 amide bonds. The van der Waals surface area contributed by atoms with Gasteiger partial charge in [0.25, 0.3) is 0 Å². The van der Waals surface area contributed by atoms with Gasteiger partial charge in [-0.2, -0.15) is 0 Å². The number of aromatic nitrogens is 1. The van der Waals surface area contributed by atoms with Crippen LogP contribution in [-0.2, 0) is 0 Å². The van der Waals surface area contributed by atoms with E-state index in [9.17, 15) is 0 Å². The highest BCUT2D eigenvalue weighted by Crippen LogP contribution is 2.46. The van der Waals surface area contributed by atoms with E-state index in [1.54, 1.807) is 0 Å². The Kier molecular flexibility index (Phi) is 6.32. The molecule has 1 heteroatoms. The third-order valence-corrected chi connectivity index (χ3v) is 11.0. The first kappa shape index (κ1) is 29.0. The van der Waals surface area contributed by atoms with Crippen LogP contribution >= 0.6 is 0 Å². The summed E-state index contributed by atoms with van der Waals surface area (Å²) in [4.78, 5) is 5.40. The second-order valence-corrected chi connectivity index (χ2v) is 13.8. The van der Waals surface area contributed by atoms with Gasteiger partial charge in [-0.3, -0.25) is 0 Å². The molecule has 1 heterocycles. The molecule has 0 aliphatic heterocycles. The molecule has 0 N–H and O–H groups in total. The Morgan fingerprint density at radius 1 is 0.269 bits per heavy atom. The van der Waals surface area contributed by atoms with E-state index in [1.165, 1.54) is 92.3 Å². The van der Waals surface area contributed by atoms with E-state index in [-0.39, 0.29) is 0 Å². The minimum atomic E-state index is 1.01. The van der Waals surface area contributed by atoms with Crippen LogP contribution in [0.5, 0.6) is 0 Å². The monoisotopic (exact) mass is 657 g/mol. The molecule has 1 nitrogen and oxygen atoms in total. The predicted molar refractivity (Wildman–Crippen MR) is 223 cm³/mol. The molecule has 10 aromatic carbocycles. The first-order valence-corrected chi connectivity index (χ1v) is 18.0. The van der Waals surface area contributed by atoms with Gasteiger partial charge >= 0.3 is 0 Å². The van der Waals surface area contributed by atoms with Gasteiger partial charge in [-0.1, -0.05) is 176 Å². The lowest BCUT2D eigenvalue weighted by molar-refractivity contribution is 1.43. The molecule has 0 saturated heterocycles. The van der Waals surface area contributed by atoms with E-state index in [0.29, 0.717) is 0 Å². The number of fused-ring (bicyclic) bond motifs is 11. The van der Waals surface area contributed by atoms with Crippen LogP contribution < -0.4 is 0 Å². The largest absolute Gasteiger partial charge is 0.247 e. The molecule has 0 unspecified atom stereocenters. The number of nitrogens with zero attached hydrogens (tertiary/aromatic N) is 1. The highest BCUT2D eigenvalue weighted by molar-refractivity contribution is 6.33. The summed E-state index contributed by atoms with van der Waals surface area (Å²) >= 11 is 0. The summed E-state index contributed by atoms with van der Waals surface area (Å²) in [6.45, 7) is 0. The molecule has 52 heavy (non-hydrogen) atoms. The van der Waals surface area contributed by atoms with Gasteiger partial charge in [0.1, 0.15) is 0 Å². The summed E-state index contributed by atoms with van der Waals surface area (Å²) in [6, 6.07) is 68.6. The molecular weight excluding hydrogens is 627 g/mol. The van der Waals surface area contributed by atoms with E-state index in [2.05, 4.69) is 188 Å². The Labute approximate surface area is 301 Å². The second kappa shape index (κ2) is 11.3. The molecule has 240 valence electrons. The number of hydrogen-bond donors (Lipinski definition) is 0. The van der Waals surface area contributed by atoms with Crippen LogP contribution in [0.1, 0.15) is 0 Å². The van der Waals surface area contributed by atoms with Crippen molar-refractivity contribution in [1.82, 2.24) is 4.98 Å². The Bertz CT molecular complexity index is 3170. The number of pyridine rings is 1. The van der Waals surface area contributed by atoms with Crippen LogP contribution in [-0.4, -0.2) is 4.98 Å². The van der Waals surface area contributed by atoms with Crippen molar-refractivity contribution >= 4 is 75.5 Å². The van der Waals surface area contributed by atoms with Crippen LogP contribution in [0.15, 0.2) is 188 Å². The summed E-state index contributed by atoms with van der Waals surface area (Å²) in [6.07, 6.45) is 0. The van der Waals surface area contributed by atoms with Gasteiger partial charge in [0.05, 0.1) is 11.2 Å². The van der Waals surface area contributed by atoms with E-state index < -0.39 is 0 Å². The third-order valence-electron chi connectivity index (χ3n) is 11.0. The normalized spacial score (nSPS) is 11.8. The van der Waals surface area contributed by atoms with Crippen molar-refractivity contribution in [3.05, 3.63) is 188 Å². The number of benzene rings is 10. The Morgan fingerprint density at radius 3 is 1.31 bits per heavy atom. The highest BCUT2D eigenvalue weighted by Gasteiger charge is 2.19. The molecule has 11 aromatic rings. The topological polar surface area (TPSA) is 12.9 Å². The van der Waals surface area contributed by atoms with E-state index in [4.69, 9.17) is 4.98 Å². The maximum Gasteiger partial charge on any atom is 0.0794 e. The Morgan fingerprint density at radius 2 is 0.692 bits per heavy atom. The average molecular weight is 658 g/mol. The smallest absolute Gasteiger partial charge is 0.0794 e. The van der Waals surface area contributed by atoms with Gasteiger partial charge in [0.15, 0.2) is 0 Å². The van der Waals surface area contributed by atoms with Crippen LogP contribution in [0, 0.1) is 0 Å². The van der Waals surface area contributed by atoms with E-state index >= 15 is 0 Å². The van der Waals surface area contributed by atoms with Crippen molar-refractivity contribution in [2.24, 2.45) is 0 Å². The molecule has 11 rings (SSSR count). The lowest BCUT2D eigenvalue weighted by Gasteiger charge is -2.19. The zero-order valence-electron chi connectivity index (χ0n) is 28.3. The lowest BCUT2D eigenvalue weighted by Crippen LogP contribution is -1.93. The highest BCUT2D eigenvalue weighted by atomic mass is 14.7. The maximum absolute atomic E-state index is 5.40. The fourth-order valence-electron chi connectivity index (χ4n) is 8.72. The minimum Gasteiger partial charge on any atom is -0.247 e. The van der Waals surface area contributed by atoms with Crippen molar-refractivity contribution in [2.45, 2.75) is 0 Å². The SMILES string of the molecule is c1ccc2cc(-c3c4ccccc4c(-c4ccc(-c5nc6ccccc6c6c7ccccc7c7ccccc7c56)cc4)c4ccccc34)ccc2c1. The first-order chi connectivity index (χ1) is 25.8. The fraction of sp³-hybridized carbons (Fsp3) is 0. The summed E-state index contributed by atoms with van der Waals surface area (Å²) in [7, 11) is 0. The molecule has 0 aliphatic rings. The van der Waals surface area contributed by atoms with Gasteiger partial charge in [-0.15, -0.1) is 0 Å². The number of hydrogen-bond acceptors (Lipinski definition) is 1. The zero-order chi connectivity index (χ0) is 34.2. The second-order valence-electron chi connectivity index (χ2n) is 13.8. The third kappa shape index (κ3) is 4.26. The summed E-state index contributed by atoms with van der Waals surface area (Å²) < 4.78 is 0. The van der Waals surface area contributed by atoms with E-state index in [0.717, 1.165) is 16.8 Å². The zero-order valence-corrected chi connectivity index (χ0v) is 28.3. The van der Waals surface area contributed by atoms with Gasteiger partial charge in [0, 0.05) is 21.7 Å². The Balaban J connectivity index is 1.16. The molecule has 0 fully saturated rings. The van der Waals surface area contributed by atoms with Crippen molar-refractivity contribution in [2.75, 3.05) is 0 Å². The fourth-order valence-corrected chi connectivity index (χ4v) is 8.72. The average Bonchev–Trinajstić information content (AvgIpc) is 3.22. The Hall–Kier alpha value is -6.83. The summed E-state index contributed by atoms with van der Waals surface area (Å²) in [5.74, 6) is 0. The predicted octanol–water partition coefficient (Wildman–Crippen LogP) is 14.2. The van der Waals surface area contributed by atoms with Gasteiger partial charge in [0.2, 0.25) is 0 Å². The molecule has 0 radical (unpaired) electrons. The van der Waals surface area contributed by atoms with Gasteiger partial charge in [-0.05, 0) is 88.2 Å². The molecule has 1 aromatic heterocycles. The quantitative estimate of drug-likeness (QED) is 0.136. The van der Waals surface area contributed by atoms with Gasteiger partial charge < -0.3 is 0 Å². The number of para-hydroxylation sites is 1. The number of rotatable bonds is 3. The molecule has 0 spiro atoms. The summed E-state index contributed by atoms with van der Waals surface area (Å²) in [5.41, 5.74) is 8.11. The lowest BCUT2D eigenvalue weighted by atomic mass is 9.85. The van der Waals surface area contributed by atoms with Crippen molar-refractivity contribution in [3.63, 3.8) is 0 Å². The van der Waals surface area contributed by atoms with Crippen LogP contribution in [0.4, 0.5) is 0 Å². The van der Waals surface area contributed by atoms with Crippen LogP contribution in [0.3, 0.4) is 0 Å². The standard InChI is InChI=1S/C51H31N/c1-2-14-35-31-36(30-25-32(35)13-1)48-43-21-9-7-19-41(43)47(42-20-8-10-22-44(42)48)33-26-28-34(29-27-33)51-50-40-18-6-4-16-38(40)37-15-3-5-17-39(37)49(50)45-23-11-12-24-46(45)52-51/h1-31H. The van der Waals surface area contributed by atoms with Crippen molar-refractivity contribution in [1.29, 1.82) is 0 Å². The molecule has 0 aliphatic carbocycles. The summed E-state index contributed by atoms with van der Waals surface area (Å²) in [5, 5.41) is 16.2. The molecular formula is C51H31N.